The number of carbonyl (C=O) groups excluding carboxylic acids is 2. The second-order valence-electron chi connectivity index (χ2n) is 16.1. The Kier molecular flexibility index (Phi) is 25.4. The van der Waals surface area contributed by atoms with Crippen molar-refractivity contribution in [2.75, 3.05) is 13.2 Å². The maximum atomic E-state index is 12.2. The van der Waals surface area contributed by atoms with Crippen LogP contribution in [0.4, 0.5) is 0 Å². The molecule has 0 unspecified atom stereocenters. The highest BCUT2D eigenvalue weighted by atomic mass is 16.5. The predicted octanol–water partition coefficient (Wildman–Crippen LogP) is 11.4. The average molecular weight is 625 g/mol. The Morgan fingerprint density at radius 3 is 1.20 bits per heavy atom. The number of aliphatic hydroxyl groups is 1. The number of carbonyl (C=O) groups is 2. The van der Waals surface area contributed by atoms with Crippen LogP contribution in [0, 0.1) is 22.7 Å². The van der Waals surface area contributed by atoms with Gasteiger partial charge in [-0.25, -0.2) is 0 Å². The molecule has 0 saturated carbocycles. The van der Waals surface area contributed by atoms with Gasteiger partial charge in [0, 0.05) is 12.8 Å². The fourth-order valence-electron chi connectivity index (χ4n) is 5.79. The minimum atomic E-state index is -0.285. The number of hydrogen-bond acceptors (Lipinski definition) is 5. The smallest absolute Gasteiger partial charge is 0.305 e. The summed E-state index contributed by atoms with van der Waals surface area (Å²) >= 11 is 0. The van der Waals surface area contributed by atoms with Gasteiger partial charge in [0.1, 0.15) is 0 Å². The monoisotopic (exact) mass is 625 g/mol. The molecule has 0 radical (unpaired) electrons. The fourth-order valence-corrected chi connectivity index (χ4v) is 5.79. The molecule has 262 valence electrons. The van der Waals surface area contributed by atoms with Crippen molar-refractivity contribution in [2.24, 2.45) is 22.7 Å². The van der Waals surface area contributed by atoms with E-state index < -0.39 is 0 Å². The van der Waals surface area contributed by atoms with E-state index in [1.807, 2.05) is 0 Å². The van der Waals surface area contributed by atoms with Crippen LogP contribution in [0.3, 0.4) is 0 Å². The largest absolute Gasteiger partial charge is 0.466 e. The quantitative estimate of drug-likeness (QED) is 0.0636. The molecule has 0 aromatic carbocycles. The first-order valence-corrected chi connectivity index (χ1v) is 18.7. The van der Waals surface area contributed by atoms with E-state index in [-0.39, 0.29) is 28.9 Å². The van der Waals surface area contributed by atoms with Crippen molar-refractivity contribution in [3.63, 3.8) is 0 Å². The molecule has 0 spiro atoms. The standard InChI is InChI=1S/C39H76O5/c1-33(2)21-15-11-9-13-17-31-43-36(41)25-29-38(5,6)27-19-23-35(40)24-20-28-39(7,8)30-26-37(42)44-32-18-14-10-12-16-22-34(3)4/h33-35,40H,9-32H2,1-8H3. The molecule has 5 heteroatoms. The van der Waals surface area contributed by atoms with Gasteiger partial charge in [-0.05, 0) is 74.0 Å². The van der Waals surface area contributed by atoms with Crippen molar-refractivity contribution in [3.05, 3.63) is 0 Å². The third-order valence-electron chi connectivity index (χ3n) is 9.17. The molecule has 0 aliphatic heterocycles. The molecule has 0 amide bonds. The summed E-state index contributed by atoms with van der Waals surface area (Å²) in [5.41, 5.74) is 0.137. The Morgan fingerprint density at radius 2 is 0.841 bits per heavy atom. The van der Waals surface area contributed by atoms with Crippen LogP contribution in [0.15, 0.2) is 0 Å². The zero-order chi connectivity index (χ0) is 33.3. The molecular weight excluding hydrogens is 548 g/mol. The number of unbranched alkanes of at least 4 members (excludes halogenated alkanes) is 8. The molecule has 0 saturated heterocycles. The zero-order valence-electron chi connectivity index (χ0n) is 30.8. The SMILES string of the molecule is CC(C)CCCCCCCOC(=O)CCC(C)(C)CCCC(O)CCCC(C)(C)CCC(=O)OCCCCCCCC(C)C. The topological polar surface area (TPSA) is 72.8 Å². The molecule has 0 aromatic rings. The molecule has 0 atom stereocenters. The molecule has 0 heterocycles. The first kappa shape index (κ1) is 42.9. The molecule has 0 fully saturated rings. The van der Waals surface area contributed by atoms with E-state index in [1.54, 1.807) is 0 Å². The average Bonchev–Trinajstić information content (AvgIpc) is 2.93. The number of hydrogen-bond donors (Lipinski definition) is 1. The molecule has 0 bridgehead atoms. The van der Waals surface area contributed by atoms with Gasteiger partial charge in [0.05, 0.1) is 19.3 Å². The Morgan fingerprint density at radius 1 is 0.500 bits per heavy atom. The van der Waals surface area contributed by atoms with E-state index in [0.717, 1.165) is 88.9 Å². The Bertz CT molecular complexity index is 639. The van der Waals surface area contributed by atoms with E-state index in [9.17, 15) is 14.7 Å². The summed E-state index contributed by atoms with van der Waals surface area (Å²) in [5, 5.41) is 10.6. The molecule has 0 rings (SSSR count). The van der Waals surface area contributed by atoms with Crippen molar-refractivity contribution >= 4 is 11.9 Å². The van der Waals surface area contributed by atoms with Crippen LogP contribution in [-0.2, 0) is 19.1 Å². The lowest BCUT2D eigenvalue weighted by molar-refractivity contribution is -0.145. The third kappa shape index (κ3) is 29.6. The van der Waals surface area contributed by atoms with Crippen molar-refractivity contribution in [3.8, 4) is 0 Å². The van der Waals surface area contributed by atoms with Gasteiger partial charge in [-0.2, -0.15) is 0 Å². The van der Waals surface area contributed by atoms with Crippen LogP contribution in [0.5, 0.6) is 0 Å². The summed E-state index contributed by atoms with van der Waals surface area (Å²) in [6.07, 6.45) is 22.3. The van der Waals surface area contributed by atoms with Gasteiger partial charge in [0.25, 0.3) is 0 Å². The maximum Gasteiger partial charge on any atom is 0.305 e. The Hall–Kier alpha value is -1.10. The molecule has 0 aliphatic rings. The number of ether oxygens (including phenoxy) is 2. The lowest BCUT2D eigenvalue weighted by Crippen LogP contribution is -2.18. The third-order valence-corrected chi connectivity index (χ3v) is 9.17. The van der Waals surface area contributed by atoms with Gasteiger partial charge in [-0.1, -0.05) is 132 Å². The summed E-state index contributed by atoms with van der Waals surface area (Å²) < 4.78 is 10.9. The Labute approximate surface area is 274 Å². The maximum absolute atomic E-state index is 12.2. The van der Waals surface area contributed by atoms with Crippen LogP contribution < -0.4 is 0 Å². The van der Waals surface area contributed by atoms with Crippen molar-refractivity contribution in [1.82, 2.24) is 0 Å². The summed E-state index contributed by atoms with van der Waals surface area (Å²) in [6.45, 7) is 19.1. The lowest BCUT2D eigenvalue weighted by Gasteiger charge is -2.26. The summed E-state index contributed by atoms with van der Waals surface area (Å²) in [6, 6.07) is 0. The van der Waals surface area contributed by atoms with Crippen LogP contribution in [0.1, 0.15) is 197 Å². The van der Waals surface area contributed by atoms with Crippen LogP contribution in [-0.4, -0.2) is 36.4 Å². The summed E-state index contributed by atoms with van der Waals surface area (Å²) in [4.78, 5) is 24.4. The molecule has 44 heavy (non-hydrogen) atoms. The highest BCUT2D eigenvalue weighted by molar-refractivity contribution is 5.69. The summed E-state index contributed by atoms with van der Waals surface area (Å²) in [5.74, 6) is 1.43. The second-order valence-corrected chi connectivity index (χ2v) is 16.1. The fraction of sp³-hybridized carbons (Fsp3) is 0.949. The van der Waals surface area contributed by atoms with Gasteiger partial charge in [-0.15, -0.1) is 0 Å². The van der Waals surface area contributed by atoms with Crippen LogP contribution in [0.2, 0.25) is 0 Å². The minimum Gasteiger partial charge on any atom is -0.466 e. The van der Waals surface area contributed by atoms with Crippen molar-refractivity contribution in [2.45, 2.75) is 203 Å². The number of esters is 2. The highest BCUT2D eigenvalue weighted by Crippen LogP contribution is 2.32. The minimum absolute atomic E-state index is 0.0687. The van der Waals surface area contributed by atoms with Crippen molar-refractivity contribution < 1.29 is 24.2 Å². The molecular formula is C39H76O5. The van der Waals surface area contributed by atoms with E-state index in [1.165, 1.54) is 51.4 Å². The van der Waals surface area contributed by atoms with Crippen molar-refractivity contribution in [1.29, 1.82) is 0 Å². The molecule has 1 N–H and O–H groups in total. The lowest BCUT2D eigenvalue weighted by atomic mass is 9.81. The highest BCUT2D eigenvalue weighted by Gasteiger charge is 2.22. The first-order valence-electron chi connectivity index (χ1n) is 18.7. The van der Waals surface area contributed by atoms with E-state index in [2.05, 4.69) is 55.4 Å². The van der Waals surface area contributed by atoms with Gasteiger partial charge in [-0.3, -0.25) is 9.59 Å². The molecule has 0 aromatic heterocycles. The second kappa shape index (κ2) is 26.0. The normalized spacial score (nSPS) is 12.5. The van der Waals surface area contributed by atoms with Crippen LogP contribution in [0.25, 0.3) is 0 Å². The molecule has 0 aliphatic carbocycles. The van der Waals surface area contributed by atoms with Crippen LogP contribution >= 0.6 is 0 Å². The zero-order valence-corrected chi connectivity index (χ0v) is 30.8. The van der Waals surface area contributed by atoms with E-state index >= 15 is 0 Å². The van der Waals surface area contributed by atoms with Gasteiger partial charge < -0.3 is 14.6 Å². The Balaban J connectivity index is 3.85. The number of aliphatic hydroxyl groups excluding tert-OH is 1. The molecule has 5 nitrogen and oxygen atoms in total. The number of rotatable bonds is 30. The predicted molar refractivity (Wildman–Crippen MR) is 187 cm³/mol. The van der Waals surface area contributed by atoms with Gasteiger partial charge >= 0.3 is 11.9 Å². The summed E-state index contributed by atoms with van der Waals surface area (Å²) in [7, 11) is 0. The van der Waals surface area contributed by atoms with E-state index in [0.29, 0.717) is 26.1 Å². The van der Waals surface area contributed by atoms with E-state index in [4.69, 9.17) is 9.47 Å². The van der Waals surface area contributed by atoms with Gasteiger partial charge in [0.15, 0.2) is 0 Å². The first-order chi connectivity index (χ1) is 20.7. The van der Waals surface area contributed by atoms with Gasteiger partial charge in [0.2, 0.25) is 0 Å².